The van der Waals surface area contributed by atoms with Crippen molar-refractivity contribution in [1.29, 1.82) is 0 Å². The highest BCUT2D eigenvalue weighted by Gasteiger charge is 2.31. The number of nitrogens with two attached hydrogens (primary N) is 1. The van der Waals surface area contributed by atoms with Gasteiger partial charge in [0.15, 0.2) is 22.8 Å². The van der Waals surface area contributed by atoms with Crippen molar-refractivity contribution in [3.8, 4) is 11.3 Å². The lowest BCUT2D eigenvalue weighted by Crippen LogP contribution is -2.26. The summed E-state index contributed by atoms with van der Waals surface area (Å²) in [6, 6.07) is 12.6. The quantitative estimate of drug-likeness (QED) is 0.397. The van der Waals surface area contributed by atoms with Gasteiger partial charge in [-0.3, -0.25) is 18.4 Å². The standard InChI is InChI=1S/C22H15F3N8O2/c23-22(24,25)13-6-7-16-30-31-17(32(16)10-13)9-27-21(35)15-8-14(12-4-2-1-3-5-12)29-20-18(19(26)34)28-11-33(15)20/h1-8,10-11H,9H2,(H2,26,34)(H,27,35). The molecule has 13 heteroatoms. The molecule has 4 heterocycles. The van der Waals surface area contributed by atoms with Crippen molar-refractivity contribution >= 4 is 23.1 Å². The van der Waals surface area contributed by atoms with Crippen LogP contribution in [-0.4, -0.2) is 40.8 Å². The molecule has 0 aliphatic rings. The van der Waals surface area contributed by atoms with Crippen LogP contribution in [-0.2, 0) is 12.7 Å². The van der Waals surface area contributed by atoms with Gasteiger partial charge in [0.2, 0.25) is 0 Å². The minimum Gasteiger partial charge on any atom is -0.364 e. The fourth-order valence-electron chi connectivity index (χ4n) is 3.55. The summed E-state index contributed by atoms with van der Waals surface area (Å²) in [4.78, 5) is 33.4. The molecular weight excluding hydrogens is 465 g/mol. The van der Waals surface area contributed by atoms with Crippen LogP contribution in [0.25, 0.3) is 22.6 Å². The average molecular weight is 480 g/mol. The largest absolute Gasteiger partial charge is 0.417 e. The zero-order valence-electron chi connectivity index (χ0n) is 17.7. The molecule has 1 aromatic carbocycles. The normalized spacial score (nSPS) is 11.7. The minimum absolute atomic E-state index is 0.0821. The number of hydrogen-bond donors (Lipinski definition) is 2. The van der Waals surface area contributed by atoms with Crippen LogP contribution in [0.4, 0.5) is 13.2 Å². The molecule has 176 valence electrons. The maximum atomic E-state index is 13.1. The monoisotopic (exact) mass is 480 g/mol. The maximum absolute atomic E-state index is 13.1. The van der Waals surface area contributed by atoms with Crippen LogP contribution in [0, 0.1) is 0 Å². The Balaban J connectivity index is 1.51. The number of carbonyl (C=O) groups is 2. The molecule has 0 aliphatic carbocycles. The van der Waals surface area contributed by atoms with Crippen molar-refractivity contribution in [3.63, 3.8) is 0 Å². The molecule has 3 N–H and O–H groups in total. The Kier molecular flexibility index (Phi) is 5.16. The molecule has 0 saturated carbocycles. The highest BCUT2D eigenvalue weighted by atomic mass is 19.4. The number of halogens is 3. The van der Waals surface area contributed by atoms with Gasteiger partial charge in [0.1, 0.15) is 12.0 Å². The molecule has 2 amide bonds. The van der Waals surface area contributed by atoms with E-state index in [2.05, 4.69) is 25.5 Å². The molecule has 0 unspecified atom stereocenters. The summed E-state index contributed by atoms with van der Waals surface area (Å²) in [5.41, 5.74) is 5.86. The molecular formula is C22H15F3N8O2. The topological polar surface area (TPSA) is 133 Å². The van der Waals surface area contributed by atoms with E-state index in [0.29, 0.717) is 11.3 Å². The number of aromatic nitrogens is 6. The summed E-state index contributed by atoms with van der Waals surface area (Å²) >= 11 is 0. The second-order valence-electron chi connectivity index (χ2n) is 7.49. The van der Waals surface area contributed by atoms with Gasteiger partial charge in [-0.15, -0.1) is 10.2 Å². The van der Waals surface area contributed by atoms with E-state index in [1.807, 2.05) is 6.07 Å². The highest BCUT2D eigenvalue weighted by molar-refractivity contribution is 5.99. The number of carbonyl (C=O) groups excluding carboxylic acids is 2. The van der Waals surface area contributed by atoms with E-state index in [0.717, 1.165) is 16.7 Å². The molecule has 4 aromatic heterocycles. The van der Waals surface area contributed by atoms with Gasteiger partial charge in [0, 0.05) is 11.8 Å². The Labute approximate surface area is 194 Å². The summed E-state index contributed by atoms with van der Waals surface area (Å²) < 4.78 is 41.8. The van der Waals surface area contributed by atoms with E-state index in [-0.39, 0.29) is 35.1 Å². The molecule has 35 heavy (non-hydrogen) atoms. The molecule has 0 fully saturated rings. The van der Waals surface area contributed by atoms with Gasteiger partial charge in [-0.1, -0.05) is 30.3 Å². The van der Waals surface area contributed by atoms with E-state index in [1.54, 1.807) is 24.3 Å². The number of fused-ring (bicyclic) bond motifs is 2. The third kappa shape index (κ3) is 4.03. The van der Waals surface area contributed by atoms with Gasteiger partial charge in [-0.25, -0.2) is 9.97 Å². The van der Waals surface area contributed by atoms with Crippen LogP contribution < -0.4 is 11.1 Å². The Morgan fingerprint density at radius 3 is 2.51 bits per heavy atom. The van der Waals surface area contributed by atoms with Gasteiger partial charge < -0.3 is 11.1 Å². The van der Waals surface area contributed by atoms with Crippen LogP contribution in [0.2, 0.25) is 0 Å². The number of hydrogen-bond acceptors (Lipinski definition) is 6. The van der Waals surface area contributed by atoms with Crippen molar-refractivity contribution in [2.45, 2.75) is 12.7 Å². The third-order valence-electron chi connectivity index (χ3n) is 5.24. The molecule has 0 aliphatic heterocycles. The van der Waals surface area contributed by atoms with E-state index in [9.17, 15) is 22.8 Å². The van der Waals surface area contributed by atoms with Crippen molar-refractivity contribution in [2.75, 3.05) is 0 Å². The second kappa shape index (κ2) is 8.20. The number of benzene rings is 1. The number of alkyl halides is 3. The number of amides is 2. The Hall–Kier alpha value is -4.81. The summed E-state index contributed by atoms with van der Waals surface area (Å²) in [6.07, 6.45) is -2.44. The lowest BCUT2D eigenvalue weighted by Gasteiger charge is -2.10. The Morgan fingerprint density at radius 2 is 1.80 bits per heavy atom. The summed E-state index contributed by atoms with van der Waals surface area (Å²) in [7, 11) is 0. The first-order valence-electron chi connectivity index (χ1n) is 10.1. The van der Waals surface area contributed by atoms with Crippen LogP contribution in [0.3, 0.4) is 0 Å². The SMILES string of the molecule is NC(=O)c1ncn2c(C(=O)NCc3nnc4ccc(C(F)(F)F)cn34)cc(-c3ccccc3)nc12. The first kappa shape index (κ1) is 22.0. The lowest BCUT2D eigenvalue weighted by atomic mass is 10.1. The highest BCUT2D eigenvalue weighted by Crippen LogP contribution is 2.29. The predicted octanol–water partition coefficient (Wildman–Crippen LogP) is 2.49. The van der Waals surface area contributed by atoms with E-state index < -0.39 is 23.6 Å². The number of imidazole rings is 1. The predicted molar refractivity (Wildman–Crippen MR) is 116 cm³/mol. The molecule has 0 saturated heterocycles. The zero-order chi connectivity index (χ0) is 24.7. The fourth-order valence-corrected chi connectivity index (χ4v) is 3.55. The van der Waals surface area contributed by atoms with Gasteiger partial charge in [-0.05, 0) is 18.2 Å². The van der Waals surface area contributed by atoms with Crippen LogP contribution in [0.15, 0.2) is 61.1 Å². The number of pyridine rings is 1. The molecule has 10 nitrogen and oxygen atoms in total. The summed E-state index contributed by atoms with van der Waals surface area (Å²) in [5.74, 6) is -1.32. The smallest absolute Gasteiger partial charge is 0.364 e. The van der Waals surface area contributed by atoms with Crippen molar-refractivity contribution in [2.24, 2.45) is 5.73 Å². The average Bonchev–Trinajstić information content (AvgIpc) is 3.45. The van der Waals surface area contributed by atoms with E-state index in [4.69, 9.17) is 5.73 Å². The minimum atomic E-state index is -4.55. The number of rotatable bonds is 5. The second-order valence-corrected chi connectivity index (χ2v) is 7.49. The van der Waals surface area contributed by atoms with Crippen molar-refractivity contribution in [1.82, 2.24) is 34.3 Å². The first-order chi connectivity index (χ1) is 16.7. The van der Waals surface area contributed by atoms with Gasteiger partial charge >= 0.3 is 6.18 Å². The molecule has 0 atom stereocenters. The van der Waals surface area contributed by atoms with Crippen molar-refractivity contribution in [3.05, 3.63) is 83.8 Å². The molecule has 0 bridgehead atoms. The Bertz CT molecular complexity index is 1590. The van der Waals surface area contributed by atoms with Crippen molar-refractivity contribution < 1.29 is 22.8 Å². The van der Waals surface area contributed by atoms with Gasteiger partial charge in [0.25, 0.3) is 11.8 Å². The molecule has 5 aromatic rings. The molecule has 5 rings (SSSR count). The van der Waals surface area contributed by atoms with Crippen LogP contribution in [0.1, 0.15) is 32.4 Å². The van der Waals surface area contributed by atoms with E-state index >= 15 is 0 Å². The van der Waals surface area contributed by atoms with E-state index in [1.165, 1.54) is 22.9 Å². The molecule has 0 spiro atoms. The maximum Gasteiger partial charge on any atom is 0.417 e. The Morgan fingerprint density at radius 1 is 1.03 bits per heavy atom. The van der Waals surface area contributed by atoms with Gasteiger partial charge in [0.05, 0.1) is 17.8 Å². The number of nitrogens with one attached hydrogen (secondary N) is 1. The van der Waals surface area contributed by atoms with Gasteiger partial charge in [-0.2, -0.15) is 13.2 Å². The third-order valence-corrected chi connectivity index (χ3v) is 5.24. The number of primary amides is 1. The zero-order valence-corrected chi connectivity index (χ0v) is 17.7. The number of nitrogens with zero attached hydrogens (tertiary/aromatic N) is 6. The lowest BCUT2D eigenvalue weighted by molar-refractivity contribution is -0.137. The summed E-state index contributed by atoms with van der Waals surface area (Å²) in [6.45, 7) is -0.219. The van der Waals surface area contributed by atoms with Crippen LogP contribution in [0.5, 0.6) is 0 Å². The van der Waals surface area contributed by atoms with Crippen LogP contribution >= 0.6 is 0 Å². The molecule has 0 radical (unpaired) electrons. The summed E-state index contributed by atoms with van der Waals surface area (Å²) in [5, 5.41) is 10.3. The first-order valence-corrected chi connectivity index (χ1v) is 10.1. The fraction of sp³-hybridized carbons (Fsp3) is 0.0909.